The molecule has 0 rings (SSSR count). The number of allylic oxidation sites excluding steroid dienone is 4. The van der Waals surface area contributed by atoms with Gasteiger partial charge < -0.3 is 9.64 Å². The summed E-state index contributed by atoms with van der Waals surface area (Å²) in [6, 6.07) is 0. The van der Waals surface area contributed by atoms with Gasteiger partial charge in [0, 0.05) is 20.3 Å². The molecule has 0 heterocycles. The van der Waals surface area contributed by atoms with Crippen LogP contribution < -0.4 is 0 Å². The molecule has 0 bridgehead atoms. The van der Waals surface area contributed by atoms with E-state index < -0.39 is 0 Å². The van der Waals surface area contributed by atoms with Gasteiger partial charge in [-0.15, -0.1) is 0 Å². The summed E-state index contributed by atoms with van der Waals surface area (Å²) in [5.74, 6) is 0. The molecule has 0 aliphatic heterocycles. The van der Waals surface area contributed by atoms with E-state index in [4.69, 9.17) is 0 Å². The molecule has 2 heteroatoms. The molecule has 0 aromatic heterocycles. The maximum Gasteiger partial charge on any atom is 0.0433 e. The zero-order valence-corrected chi connectivity index (χ0v) is 14.4. The maximum absolute atomic E-state index is 4.54. The smallest absolute Gasteiger partial charge is 0.0433 e. The molecule has 0 amide bonds. The highest BCUT2D eigenvalue weighted by atomic mass is 16.5. The van der Waals surface area contributed by atoms with E-state index >= 15 is 0 Å². The van der Waals surface area contributed by atoms with Crippen molar-refractivity contribution >= 4 is 0 Å². The molecule has 0 aromatic rings. The van der Waals surface area contributed by atoms with E-state index in [1.807, 2.05) is 27.7 Å². The van der Waals surface area contributed by atoms with Gasteiger partial charge in [-0.3, -0.25) is 0 Å². The highest BCUT2D eigenvalue weighted by molar-refractivity contribution is 5.24. The minimum atomic E-state index is 0.819. The summed E-state index contributed by atoms with van der Waals surface area (Å²) in [7, 11) is 3.81. The molecule has 0 N–H and O–H groups in total. The van der Waals surface area contributed by atoms with Gasteiger partial charge in [-0.05, 0) is 39.9 Å². The lowest BCUT2D eigenvalue weighted by Gasteiger charge is -2.13. The van der Waals surface area contributed by atoms with Gasteiger partial charge in [0.05, 0.1) is 0 Å². The highest BCUT2D eigenvalue weighted by Gasteiger charge is 1.95. The molecule has 0 aliphatic carbocycles. The third-order valence-corrected chi connectivity index (χ3v) is 2.16. The molecule has 0 saturated heterocycles. The quantitative estimate of drug-likeness (QED) is 0.648. The Balaban J connectivity index is -0.000000361. The van der Waals surface area contributed by atoms with Crippen LogP contribution in [-0.2, 0) is 4.74 Å². The minimum Gasteiger partial charge on any atom is -0.385 e. The summed E-state index contributed by atoms with van der Waals surface area (Å²) in [5.41, 5.74) is 1.35. The van der Waals surface area contributed by atoms with Crippen LogP contribution in [0, 0.1) is 0 Å². The van der Waals surface area contributed by atoms with Crippen LogP contribution in [0.5, 0.6) is 0 Å². The van der Waals surface area contributed by atoms with Crippen LogP contribution in [0.4, 0.5) is 0 Å². The van der Waals surface area contributed by atoms with Gasteiger partial charge in [0.2, 0.25) is 0 Å². The van der Waals surface area contributed by atoms with Gasteiger partial charge in [-0.25, -0.2) is 0 Å². The first-order chi connectivity index (χ1) is 9.15. The lowest BCUT2D eigenvalue weighted by molar-refractivity contribution is 0.215. The molecule has 0 spiro atoms. The molecular formula is C17H35NO. The number of ether oxygens (including phenoxy) is 1. The van der Waals surface area contributed by atoms with E-state index in [9.17, 15) is 0 Å². The Kier molecular flexibility index (Phi) is 27.3. The van der Waals surface area contributed by atoms with Crippen molar-refractivity contribution in [3.8, 4) is 0 Å². The van der Waals surface area contributed by atoms with Crippen LogP contribution in [0.2, 0.25) is 0 Å². The standard InChI is InChI=1S/C12H21N.C3H8O.C2H6/c1-5-8-10-12(9-6-2)11-13(4)7-3;1-3-4-2;1-2/h5-6,8-10H,7,11H2,1-4H3;3H2,1-2H3;1-2H3/b8-5+,9-6+,12-10+;;. The van der Waals surface area contributed by atoms with Gasteiger partial charge in [-0.1, -0.05) is 51.2 Å². The van der Waals surface area contributed by atoms with Gasteiger partial charge in [0.1, 0.15) is 0 Å². The van der Waals surface area contributed by atoms with Crippen LogP contribution in [0.1, 0.15) is 41.5 Å². The van der Waals surface area contributed by atoms with Crippen molar-refractivity contribution in [3.05, 3.63) is 36.0 Å². The molecule has 2 nitrogen and oxygen atoms in total. The predicted octanol–water partition coefficient (Wildman–Crippen LogP) is 4.70. The summed E-state index contributed by atoms with van der Waals surface area (Å²) in [6.45, 7) is 15.1. The third kappa shape index (κ3) is 22.8. The van der Waals surface area contributed by atoms with Gasteiger partial charge in [0.15, 0.2) is 0 Å². The normalized spacial score (nSPS) is 11.3. The van der Waals surface area contributed by atoms with E-state index in [2.05, 4.69) is 60.9 Å². The SMILES string of the molecule is C/C=C/C=C(\C=C\C)CN(C)CC.CC.CCOC. The molecule has 19 heavy (non-hydrogen) atoms. The Morgan fingerprint density at radius 2 is 1.63 bits per heavy atom. The summed E-state index contributed by atoms with van der Waals surface area (Å²) in [5, 5.41) is 0. The average Bonchev–Trinajstić information content (AvgIpc) is 2.47. The second-order valence-corrected chi connectivity index (χ2v) is 3.68. The van der Waals surface area contributed by atoms with Crippen LogP contribution in [0.25, 0.3) is 0 Å². The summed E-state index contributed by atoms with van der Waals surface area (Å²) in [6.07, 6.45) is 10.5. The molecule has 0 fully saturated rings. The first-order valence-electron chi connectivity index (χ1n) is 7.28. The summed E-state index contributed by atoms with van der Waals surface area (Å²) in [4.78, 5) is 2.29. The molecule has 0 aromatic carbocycles. The number of rotatable bonds is 6. The lowest BCUT2D eigenvalue weighted by Crippen LogP contribution is -2.19. The van der Waals surface area contributed by atoms with Gasteiger partial charge in [0.25, 0.3) is 0 Å². The van der Waals surface area contributed by atoms with Gasteiger partial charge >= 0.3 is 0 Å². The predicted molar refractivity (Wildman–Crippen MR) is 89.8 cm³/mol. The first kappa shape index (κ1) is 23.2. The van der Waals surface area contributed by atoms with E-state index in [1.54, 1.807) is 7.11 Å². The summed E-state index contributed by atoms with van der Waals surface area (Å²) < 4.78 is 4.54. The van der Waals surface area contributed by atoms with Crippen molar-refractivity contribution in [2.75, 3.05) is 33.9 Å². The average molecular weight is 269 g/mol. The van der Waals surface area contributed by atoms with Crippen molar-refractivity contribution < 1.29 is 4.74 Å². The Hall–Kier alpha value is -0.860. The zero-order valence-electron chi connectivity index (χ0n) is 14.4. The summed E-state index contributed by atoms with van der Waals surface area (Å²) >= 11 is 0. The Morgan fingerprint density at radius 3 is 1.95 bits per heavy atom. The largest absolute Gasteiger partial charge is 0.385 e. The number of methoxy groups -OCH3 is 1. The van der Waals surface area contributed by atoms with Crippen LogP contribution >= 0.6 is 0 Å². The van der Waals surface area contributed by atoms with E-state index in [0.717, 1.165) is 19.7 Å². The van der Waals surface area contributed by atoms with Crippen molar-refractivity contribution in [2.45, 2.75) is 41.5 Å². The minimum absolute atomic E-state index is 0.819. The second kappa shape index (κ2) is 22.3. The molecule has 0 unspecified atom stereocenters. The van der Waals surface area contributed by atoms with Crippen molar-refractivity contribution in [1.82, 2.24) is 4.90 Å². The Labute approximate surface area is 121 Å². The number of hydrogen-bond acceptors (Lipinski definition) is 2. The second-order valence-electron chi connectivity index (χ2n) is 3.68. The number of hydrogen-bond donors (Lipinski definition) is 0. The van der Waals surface area contributed by atoms with Crippen molar-refractivity contribution in [3.63, 3.8) is 0 Å². The lowest BCUT2D eigenvalue weighted by atomic mass is 10.2. The van der Waals surface area contributed by atoms with Crippen LogP contribution in [0.15, 0.2) is 36.0 Å². The first-order valence-corrected chi connectivity index (χ1v) is 7.28. The third-order valence-electron chi connectivity index (χ3n) is 2.16. The highest BCUT2D eigenvalue weighted by Crippen LogP contribution is 2.00. The number of likely N-dealkylation sites (N-methyl/N-ethyl adjacent to an activating group) is 1. The fraction of sp³-hybridized carbons (Fsp3) is 0.647. The van der Waals surface area contributed by atoms with E-state index in [0.29, 0.717) is 0 Å². The maximum atomic E-state index is 4.54. The Morgan fingerprint density at radius 1 is 1.11 bits per heavy atom. The molecular weight excluding hydrogens is 234 g/mol. The topological polar surface area (TPSA) is 12.5 Å². The van der Waals surface area contributed by atoms with Crippen LogP contribution in [0.3, 0.4) is 0 Å². The fourth-order valence-corrected chi connectivity index (χ4v) is 1.02. The van der Waals surface area contributed by atoms with Crippen molar-refractivity contribution in [1.29, 1.82) is 0 Å². The Bertz CT molecular complexity index is 227. The fourth-order valence-electron chi connectivity index (χ4n) is 1.02. The van der Waals surface area contributed by atoms with E-state index in [-0.39, 0.29) is 0 Å². The molecule has 0 aliphatic rings. The van der Waals surface area contributed by atoms with Gasteiger partial charge in [-0.2, -0.15) is 0 Å². The molecule has 114 valence electrons. The van der Waals surface area contributed by atoms with E-state index in [1.165, 1.54) is 5.57 Å². The molecule has 0 saturated carbocycles. The van der Waals surface area contributed by atoms with Crippen LogP contribution in [-0.4, -0.2) is 38.8 Å². The molecule has 0 radical (unpaired) electrons. The van der Waals surface area contributed by atoms with Crippen molar-refractivity contribution in [2.24, 2.45) is 0 Å². The zero-order chi connectivity index (χ0) is 15.5. The number of nitrogens with zero attached hydrogens (tertiary/aromatic N) is 1. The monoisotopic (exact) mass is 269 g/mol. The molecule has 0 atom stereocenters.